The Morgan fingerprint density at radius 2 is 2.29 bits per heavy atom. The Morgan fingerprint density at radius 3 is 3.06 bits per heavy atom. The number of rotatable bonds is 4. The van der Waals surface area contributed by atoms with E-state index in [2.05, 4.69) is 4.90 Å². The van der Waals surface area contributed by atoms with Crippen LogP contribution >= 0.6 is 0 Å². The molecule has 0 aliphatic carbocycles. The fraction of sp³-hybridized carbons (Fsp3) is 1.00. The van der Waals surface area contributed by atoms with E-state index in [1.807, 2.05) is 0 Å². The molecular weight excluding hydrogens is 216 g/mol. The highest BCUT2D eigenvalue weighted by Gasteiger charge is 2.39. The Hall–Kier alpha value is -0.160. The van der Waals surface area contributed by atoms with E-state index >= 15 is 0 Å². The van der Waals surface area contributed by atoms with Gasteiger partial charge in [0.15, 0.2) is 0 Å². The number of hydrogen-bond donors (Lipinski definition) is 1. The molecule has 2 fully saturated rings. The average molecular weight is 242 g/mol. The molecule has 0 saturated carbocycles. The lowest BCUT2D eigenvalue weighted by Crippen LogP contribution is -2.53. The highest BCUT2D eigenvalue weighted by molar-refractivity contribution is 4.96. The molecule has 0 amide bonds. The summed E-state index contributed by atoms with van der Waals surface area (Å²) in [4.78, 5) is 2.60. The molecule has 17 heavy (non-hydrogen) atoms. The van der Waals surface area contributed by atoms with Crippen LogP contribution < -0.4 is 5.73 Å². The van der Waals surface area contributed by atoms with Gasteiger partial charge in [0.25, 0.3) is 0 Å². The molecule has 0 aromatic carbocycles. The monoisotopic (exact) mass is 242 g/mol. The van der Waals surface area contributed by atoms with Crippen LogP contribution in [0.1, 0.15) is 25.7 Å². The molecular formula is C13H26N2O2. The van der Waals surface area contributed by atoms with Gasteiger partial charge in [-0.15, -0.1) is 0 Å². The molecule has 2 heterocycles. The Labute approximate surface area is 104 Å². The highest BCUT2D eigenvalue weighted by atomic mass is 16.5. The van der Waals surface area contributed by atoms with Crippen molar-refractivity contribution < 1.29 is 9.47 Å². The minimum Gasteiger partial charge on any atom is -0.384 e. The lowest BCUT2D eigenvalue weighted by molar-refractivity contribution is 0.0775. The summed E-state index contributed by atoms with van der Waals surface area (Å²) in [6.07, 6.45) is 4.66. The van der Waals surface area contributed by atoms with Gasteiger partial charge in [-0.1, -0.05) is 0 Å². The Bertz CT molecular complexity index is 227. The SMILES string of the molecule is COCC1CCN(C2(CN)CCCOCC2)C1. The van der Waals surface area contributed by atoms with Crippen LogP contribution in [-0.2, 0) is 9.47 Å². The van der Waals surface area contributed by atoms with E-state index in [-0.39, 0.29) is 5.54 Å². The second kappa shape index (κ2) is 6.14. The maximum atomic E-state index is 6.08. The molecule has 0 radical (unpaired) electrons. The summed E-state index contributed by atoms with van der Waals surface area (Å²) < 4.78 is 10.8. The number of nitrogens with two attached hydrogens (primary N) is 1. The van der Waals surface area contributed by atoms with Crippen molar-refractivity contribution >= 4 is 0 Å². The zero-order chi connectivity index (χ0) is 12.1. The molecule has 2 rings (SSSR count). The molecule has 2 aliphatic rings. The van der Waals surface area contributed by atoms with Gasteiger partial charge in [0, 0.05) is 39.0 Å². The van der Waals surface area contributed by atoms with Crippen molar-refractivity contribution in [2.24, 2.45) is 11.7 Å². The van der Waals surface area contributed by atoms with E-state index in [9.17, 15) is 0 Å². The van der Waals surface area contributed by atoms with Crippen LogP contribution in [0.15, 0.2) is 0 Å². The number of methoxy groups -OCH3 is 1. The smallest absolute Gasteiger partial charge is 0.0503 e. The molecule has 2 N–H and O–H groups in total. The largest absolute Gasteiger partial charge is 0.384 e. The van der Waals surface area contributed by atoms with Gasteiger partial charge in [0.1, 0.15) is 0 Å². The standard InChI is InChI=1S/C13H26N2O2/c1-16-10-12-3-6-15(9-12)13(11-14)4-2-7-17-8-5-13/h12H,2-11,14H2,1H3. The van der Waals surface area contributed by atoms with Gasteiger partial charge < -0.3 is 15.2 Å². The second-order valence-electron chi connectivity index (χ2n) is 5.45. The van der Waals surface area contributed by atoms with Crippen molar-refractivity contribution in [3.05, 3.63) is 0 Å². The maximum Gasteiger partial charge on any atom is 0.0503 e. The molecule has 0 bridgehead atoms. The van der Waals surface area contributed by atoms with Gasteiger partial charge in [0.05, 0.1) is 6.61 Å². The van der Waals surface area contributed by atoms with Crippen LogP contribution in [0.25, 0.3) is 0 Å². The zero-order valence-corrected chi connectivity index (χ0v) is 11.0. The third-order valence-corrected chi connectivity index (χ3v) is 4.38. The molecule has 0 spiro atoms. The van der Waals surface area contributed by atoms with E-state index in [0.717, 1.165) is 45.8 Å². The quantitative estimate of drug-likeness (QED) is 0.794. The molecule has 4 nitrogen and oxygen atoms in total. The molecule has 0 aromatic rings. The summed E-state index contributed by atoms with van der Waals surface area (Å²) in [5.41, 5.74) is 6.27. The predicted octanol–water partition coefficient (Wildman–Crippen LogP) is 0.853. The molecule has 100 valence electrons. The van der Waals surface area contributed by atoms with Gasteiger partial charge in [-0.05, 0) is 38.1 Å². The first-order chi connectivity index (χ1) is 8.30. The van der Waals surface area contributed by atoms with Crippen LogP contribution in [0.5, 0.6) is 0 Å². The van der Waals surface area contributed by atoms with E-state index in [1.54, 1.807) is 7.11 Å². The molecule has 2 unspecified atom stereocenters. The normalized spacial score (nSPS) is 36.0. The molecule has 0 aromatic heterocycles. The van der Waals surface area contributed by atoms with Crippen molar-refractivity contribution in [3.63, 3.8) is 0 Å². The van der Waals surface area contributed by atoms with Crippen LogP contribution in [0.2, 0.25) is 0 Å². The Balaban J connectivity index is 1.97. The van der Waals surface area contributed by atoms with Crippen molar-refractivity contribution in [1.29, 1.82) is 0 Å². The van der Waals surface area contributed by atoms with E-state index < -0.39 is 0 Å². The second-order valence-corrected chi connectivity index (χ2v) is 5.45. The van der Waals surface area contributed by atoms with E-state index in [0.29, 0.717) is 5.92 Å². The lowest BCUT2D eigenvalue weighted by Gasteiger charge is -2.40. The van der Waals surface area contributed by atoms with Crippen molar-refractivity contribution in [2.75, 3.05) is 46.6 Å². The van der Waals surface area contributed by atoms with Gasteiger partial charge in [-0.25, -0.2) is 0 Å². The number of likely N-dealkylation sites (tertiary alicyclic amines) is 1. The molecule has 2 aliphatic heterocycles. The fourth-order valence-corrected chi connectivity index (χ4v) is 3.28. The first kappa shape index (κ1) is 13.3. The summed E-state index contributed by atoms with van der Waals surface area (Å²) >= 11 is 0. The molecule has 2 saturated heterocycles. The van der Waals surface area contributed by atoms with Crippen LogP contribution in [-0.4, -0.2) is 57.0 Å². The minimum absolute atomic E-state index is 0.193. The van der Waals surface area contributed by atoms with E-state index in [4.69, 9.17) is 15.2 Å². The van der Waals surface area contributed by atoms with Crippen LogP contribution in [0, 0.1) is 5.92 Å². The van der Waals surface area contributed by atoms with Crippen LogP contribution in [0.3, 0.4) is 0 Å². The van der Waals surface area contributed by atoms with Crippen molar-refractivity contribution in [3.8, 4) is 0 Å². The van der Waals surface area contributed by atoms with Crippen molar-refractivity contribution in [2.45, 2.75) is 31.2 Å². The summed E-state index contributed by atoms with van der Waals surface area (Å²) in [5, 5.41) is 0. The van der Waals surface area contributed by atoms with Gasteiger partial charge in [-0.3, -0.25) is 4.90 Å². The highest BCUT2D eigenvalue weighted by Crippen LogP contribution is 2.32. The third kappa shape index (κ3) is 2.99. The number of ether oxygens (including phenoxy) is 2. The maximum absolute atomic E-state index is 6.08. The first-order valence-corrected chi connectivity index (χ1v) is 6.82. The summed E-state index contributed by atoms with van der Waals surface area (Å²) in [7, 11) is 1.79. The van der Waals surface area contributed by atoms with Crippen LogP contribution in [0.4, 0.5) is 0 Å². The number of nitrogens with zero attached hydrogens (tertiary/aromatic N) is 1. The first-order valence-electron chi connectivity index (χ1n) is 6.82. The molecule has 4 heteroatoms. The Kier molecular flexibility index (Phi) is 4.79. The average Bonchev–Trinajstić information content (AvgIpc) is 2.68. The number of hydrogen-bond acceptors (Lipinski definition) is 4. The topological polar surface area (TPSA) is 47.7 Å². The van der Waals surface area contributed by atoms with Gasteiger partial charge in [-0.2, -0.15) is 0 Å². The lowest BCUT2D eigenvalue weighted by atomic mass is 9.89. The van der Waals surface area contributed by atoms with Gasteiger partial charge in [0.2, 0.25) is 0 Å². The molecule has 2 atom stereocenters. The van der Waals surface area contributed by atoms with Crippen molar-refractivity contribution in [1.82, 2.24) is 4.90 Å². The van der Waals surface area contributed by atoms with Gasteiger partial charge >= 0.3 is 0 Å². The summed E-state index contributed by atoms with van der Waals surface area (Å²) in [6, 6.07) is 0. The fourth-order valence-electron chi connectivity index (χ4n) is 3.28. The third-order valence-electron chi connectivity index (χ3n) is 4.38. The summed E-state index contributed by atoms with van der Waals surface area (Å²) in [5.74, 6) is 0.688. The predicted molar refractivity (Wildman–Crippen MR) is 68.0 cm³/mol. The minimum atomic E-state index is 0.193. The Morgan fingerprint density at radius 1 is 1.41 bits per heavy atom. The van der Waals surface area contributed by atoms with E-state index in [1.165, 1.54) is 19.4 Å². The summed E-state index contributed by atoms with van der Waals surface area (Å²) in [6.45, 7) is 5.72. The zero-order valence-electron chi connectivity index (χ0n) is 11.0.